The fraction of sp³-hybridized carbons (Fsp3) is 0.294. The SMILES string of the molecule is O=C(c1ccccc1S(=O)(=O)C(F)F)N1CC(Oc2ncccc2C(F)(F)F)C1. The van der Waals surface area contributed by atoms with E-state index in [0.29, 0.717) is 0 Å². The van der Waals surface area contributed by atoms with E-state index in [1.54, 1.807) is 0 Å². The molecule has 1 saturated heterocycles. The fourth-order valence-corrected chi connectivity index (χ4v) is 3.62. The number of hydrogen-bond acceptors (Lipinski definition) is 5. The van der Waals surface area contributed by atoms with Crippen molar-refractivity contribution in [3.63, 3.8) is 0 Å². The molecule has 1 aromatic carbocycles. The molecule has 29 heavy (non-hydrogen) atoms. The highest BCUT2D eigenvalue weighted by molar-refractivity contribution is 7.91. The Balaban J connectivity index is 1.73. The van der Waals surface area contributed by atoms with Crippen LogP contribution in [0.1, 0.15) is 15.9 Å². The largest absolute Gasteiger partial charge is 0.470 e. The lowest BCUT2D eigenvalue weighted by atomic mass is 10.1. The summed E-state index contributed by atoms with van der Waals surface area (Å²) in [5.41, 5.74) is -1.52. The van der Waals surface area contributed by atoms with Gasteiger partial charge in [-0.25, -0.2) is 13.4 Å². The Labute approximate surface area is 161 Å². The first-order valence-corrected chi connectivity index (χ1v) is 9.65. The molecule has 0 bridgehead atoms. The Morgan fingerprint density at radius 2 is 1.79 bits per heavy atom. The van der Waals surface area contributed by atoms with Crippen LogP contribution in [0.25, 0.3) is 0 Å². The molecule has 1 fully saturated rings. The molecule has 156 valence electrons. The van der Waals surface area contributed by atoms with Crippen molar-refractivity contribution >= 4 is 15.7 Å². The molecule has 2 heterocycles. The Morgan fingerprint density at radius 3 is 2.41 bits per heavy atom. The highest BCUT2D eigenvalue weighted by atomic mass is 32.2. The minimum absolute atomic E-state index is 0.157. The topological polar surface area (TPSA) is 76.6 Å². The third-order valence-corrected chi connectivity index (χ3v) is 5.59. The highest BCUT2D eigenvalue weighted by Crippen LogP contribution is 2.35. The Kier molecular flexibility index (Phi) is 5.48. The zero-order valence-corrected chi connectivity index (χ0v) is 15.3. The van der Waals surface area contributed by atoms with Gasteiger partial charge < -0.3 is 9.64 Å². The highest BCUT2D eigenvalue weighted by Gasteiger charge is 2.40. The second-order valence-corrected chi connectivity index (χ2v) is 7.99. The van der Waals surface area contributed by atoms with Gasteiger partial charge in [0.2, 0.25) is 15.7 Å². The molecule has 1 aromatic heterocycles. The zero-order valence-electron chi connectivity index (χ0n) is 14.4. The van der Waals surface area contributed by atoms with Gasteiger partial charge in [0.05, 0.1) is 23.5 Å². The number of nitrogens with zero attached hydrogens (tertiary/aromatic N) is 2. The van der Waals surface area contributed by atoms with E-state index >= 15 is 0 Å². The molecule has 0 unspecified atom stereocenters. The lowest BCUT2D eigenvalue weighted by molar-refractivity contribution is -0.140. The molecule has 0 atom stereocenters. The van der Waals surface area contributed by atoms with E-state index in [1.165, 1.54) is 12.1 Å². The fourth-order valence-electron chi connectivity index (χ4n) is 2.69. The van der Waals surface area contributed by atoms with Crippen molar-refractivity contribution in [2.24, 2.45) is 0 Å². The summed E-state index contributed by atoms with van der Waals surface area (Å²) in [5.74, 6) is -5.19. The maximum Gasteiger partial charge on any atom is 0.421 e. The van der Waals surface area contributed by atoms with E-state index in [0.717, 1.165) is 35.4 Å². The minimum atomic E-state index is -5.00. The van der Waals surface area contributed by atoms with E-state index in [9.17, 15) is 35.2 Å². The van der Waals surface area contributed by atoms with Gasteiger partial charge in [0, 0.05) is 6.20 Å². The lowest BCUT2D eigenvalue weighted by Gasteiger charge is -2.39. The standard InChI is InChI=1S/C17H13F5N2O4S/c18-16(19)29(26,27)13-6-2-1-4-11(13)15(25)24-8-10(9-24)28-14-12(17(20,21)22)5-3-7-23-14/h1-7,10,16H,8-9H2. The van der Waals surface area contributed by atoms with E-state index in [4.69, 9.17) is 4.74 Å². The molecule has 3 rings (SSSR count). The van der Waals surface area contributed by atoms with E-state index in [-0.39, 0.29) is 13.1 Å². The van der Waals surface area contributed by atoms with Crippen LogP contribution in [-0.2, 0) is 16.0 Å². The number of benzene rings is 1. The van der Waals surface area contributed by atoms with Gasteiger partial charge >= 0.3 is 11.9 Å². The van der Waals surface area contributed by atoms with Crippen LogP contribution in [0.2, 0.25) is 0 Å². The van der Waals surface area contributed by atoms with Crippen molar-refractivity contribution in [2.75, 3.05) is 13.1 Å². The molecule has 12 heteroatoms. The maximum atomic E-state index is 13.0. The van der Waals surface area contributed by atoms with Gasteiger partial charge in [-0.2, -0.15) is 22.0 Å². The number of rotatable bonds is 5. The molecule has 0 aliphatic carbocycles. The van der Waals surface area contributed by atoms with Gasteiger partial charge in [0.15, 0.2) is 0 Å². The number of pyridine rings is 1. The Hall–Kier alpha value is -2.76. The second kappa shape index (κ2) is 7.58. The van der Waals surface area contributed by atoms with Crippen LogP contribution in [-0.4, -0.2) is 49.2 Å². The van der Waals surface area contributed by atoms with Gasteiger partial charge in [0.1, 0.15) is 11.7 Å². The van der Waals surface area contributed by atoms with Crippen LogP contribution in [0.4, 0.5) is 22.0 Å². The van der Waals surface area contributed by atoms with Crippen LogP contribution >= 0.6 is 0 Å². The van der Waals surface area contributed by atoms with Crippen LogP contribution in [0, 0.1) is 0 Å². The Morgan fingerprint density at radius 1 is 1.14 bits per heavy atom. The van der Waals surface area contributed by atoms with Gasteiger partial charge in [0.25, 0.3) is 5.91 Å². The summed E-state index contributed by atoms with van der Waals surface area (Å²) in [6.07, 6.45) is -4.36. The number of likely N-dealkylation sites (tertiary alicyclic amines) is 1. The third kappa shape index (κ3) is 4.16. The normalized spacial score (nSPS) is 15.3. The molecule has 6 nitrogen and oxygen atoms in total. The number of halogens is 5. The number of hydrogen-bond donors (Lipinski definition) is 0. The average Bonchev–Trinajstić information content (AvgIpc) is 2.63. The van der Waals surface area contributed by atoms with E-state index < -0.39 is 55.7 Å². The first kappa shape index (κ1) is 21.0. The molecule has 0 spiro atoms. The van der Waals surface area contributed by atoms with Crippen molar-refractivity contribution < 1.29 is 39.9 Å². The smallest absolute Gasteiger partial charge is 0.421 e. The van der Waals surface area contributed by atoms with Crippen molar-refractivity contribution in [2.45, 2.75) is 22.9 Å². The molecule has 1 amide bonds. The van der Waals surface area contributed by atoms with Crippen molar-refractivity contribution in [1.29, 1.82) is 0 Å². The number of carbonyl (C=O) groups is 1. The molecular weight excluding hydrogens is 423 g/mol. The summed E-state index contributed by atoms with van der Waals surface area (Å²) in [6.45, 7) is -0.314. The average molecular weight is 436 g/mol. The molecule has 0 saturated carbocycles. The summed E-state index contributed by atoms with van der Waals surface area (Å²) in [7, 11) is -5.00. The molecule has 1 aliphatic heterocycles. The summed E-state index contributed by atoms with van der Waals surface area (Å²) < 4.78 is 93.3. The molecular formula is C17H13F5N2O4S. The van der Waals surface area contributed by atoms with Crippen LogP contribution in [0.15, 0.2) is 47.5 Å². The van der Waals surface area contributed by atoms with E-state index in [1.807, 2.05) is 0 Å². The first-order valence-electron chi connectivity index (χ1n) is 8.11. The van der Waals surface area contributed by atoms with Crippen LogP contribution in [0.3, 0.4) is 0 Å². The summed E-state index contributed by atoms with van der Waals surface area (Å²) in [5, 5.41) is 0. The third-order valence-electron chi connectivity index (χ3n) is 4.15. The zero-order chi connectivity index (χ0) is 21.4. The first-order chi connectivity index (χ1) is 13.5. The summed E-state index contributed by atoms with van der Waals surface area (Å²) in [6, 6.07) is 6.41. The number of ether oxygens (including phenoxy) is 1. The van der Waals surface area contributed by atoms with E-state index in [2.05, 4.69) is 4.98 Å². The lowest BCUT2D eigenvalue weighted by Crippen LogP contribution is -2.56. The maximum absolute atomic E-state index is 13.0. The molecule has 0 radical (unpaired) electrons. The molecule has 2 aromatic rings. The summed E-state index contributed by atoms with van der Waals surface area (Å²) in [4.78, 5) is 16.3. The molecule has 1 aliphatic rings. The predicted molar refractivity (Wildman–Crippen MR) is 89.2 cm³/mol. The summed E-state index contributed by atoms with van der Waals surface area (Å²) >= 11 is 0. The number of sulfone groups is 1. The number of alkyl halides is 5. The van der Waals surface area contributed by atoms with Gasteiger partial charge in [-0.3, -0.25) is 4.79 Å². The van der Waals surface area contributed by atoms with Gasteiger partial charge in [-0.1, -0.05) is 12.1 Å². The number of carbonyl (C=O) groups excluding carboxylic acids is 1. The number of aromatic nitrogens is 1. The quantitative estimate of drug-likeness (QED) is 0.674. The minimum Gasteiger partial charge on any atom is -0.470 e. The number of amides is 1. The van der Waals surface area contributed by atoms with Gasteiger partial charge in [-0.05, 0) is 24.3 Å². The molecule has 0 N–H and O–H groups in total. The monoisotopic (exact) mass is 436 g/mol. The van der Waals surface area contributed by atoms with Crippen molar-refractivity contribution in [1.82, 2.24) is 9.88 Å². The van der Waals surface area contributed by atoms with Crippen molar-refractivity contribution in [3.8, 4) is 5.88 Å². The van der Waals surface area contributed by atoms with Crippen LogP contribution < -0.4 is 4.74 Å². The van der Waals surface area contributed by atoms with Crippen LogP contribution in [0.5, 0.6) is 5.88 Å². The predicted octanol–water partition coefficient (Wildman–Crippen LogP) is 3.00. The van der Waals surface area contributed by atoms with Crippen molar-refractivity contribution in [3.05, 3.63) is 53.7 Å². The Bertz CT molecular complexity index is 1020. The second-order valence-electron chi connectivity index (χ2n) is 6.11. The van der Waals surface area contributed by atoms with Gasteiger partial charge in [-0.15, -0.1) is 0 Å².